The highest BCUT2D eigenvalue weighted by atomic mass is 35.5. The predicted molar refractivity (Wildman–Crippen MR) is 127 cm³/mol. The van der Waals surface area contributed by atoms with Crippen LogP contribution in [0, 0.1) is 0 Å². The van der Waals surface area contributed by atoms with Gasteiger partial charge < -0.3 is 14.8 Å². The standard InChI is InChI=1S/C25H29ClN4O2/c1-18-9-6-7-16-29(18)24(31)17-30-22-13-5-4-12-21(22)28-23(30)14-8-15-27-25(32)19-10-2-3-11-20(19)26/h2-5,10-13,18H,6-9,14-17H2,1H3,(H,27,32). The summed E-state index contributed by atoms with van der Waals surface area (Å²) in [4.78, 5) is 32.2. The van der Waals surface area contributed by atoms with Crippen molar-refractivity contribution in [2.24, 2.45) is 0 Å². The van der Waals surface area contributed by atoms with Crippen molar-refractivity contribution in [1.29, 1.82) is 0 Å². The molecule has 2 aromatic carbocycles. The van der Waals surface area contributed by atoms with Gasteiger partial charge in [0.05, 0.1) is 21.6 Å². The Labute approximate surface area is 193 Å². The molecule has 0 saturated carbocycles. The molecule has 1 unspecified atom stereocenters. The molecule has 1 aliphatic heterocycles. The van der Waals surface area contributed by atoms with Crippen LogP contribution in [0.25, 0.3) is 11.0 Å². The van der Waals surface area contributed by atoms with Crippen LogP contribution in [0.5, 0.6) is 0 Å². The topological polar surface area (TPSA) is 67.2 Å². The van der Waals surface area contributed by atoms with Crippen molar-refractivity contribution in [3.63, 3.8) is 0 Å². The van der Waals surface area contributed by atoms with Crippen molar-refractivity contribution in [2.45, 2.75) is 51.6 Å². The highest BCUT2D eigenvalue weighted by molar-refractivity contribution is 6.33. The number of hydrogen-bond acceptors (Lipinski definition) is 3. The fourth-order valence-corrected chi connectivity index (χ4v) is 4.60. The van der Waals surface area contributed by atoms with E-state index in [-0.39, 0.29) is 17.9 Å². The summed E-state index contributed by atoms with van der Waals surface area (Å²) in [5.74, 6) is 0.836. The van der Waals surface area contributed by atoms with Crippen molar-refractivity contribution in [3.8, 4) is 0 Å². The lowest BCUT2D eigenvalue weighted by Gasteiger charge is -2.33. The predicted octanol–water partition coefficient (Wildman–Crippen LogP) is 4.45. The molecule has 0 spiro atoms. The highest BCUT2D eigenvalue weighted by Gasteiger charge is 2.24. The number of rotatable bonds is 7. The zero-order chi connectivity index (χ0) is 22.5. The molecule has 4 rings (SSSR count). The van der Waals surface area contributed by atoms with E-state index < -0.39 is 0 Å². The van der Waals surface area contributed by atoms with E-state index in [0.29, 0.717) is 36.5 Å². The highest BCUT2D eigenvalue weighted by Crippen LogP contribution is 2.21. The Hall–Kier alpha value is -2.86. The maximum absolute atomic E-state index is 13.1. The van der Waals surface area contributed by atoms with E-state index in [2.05, 4.69) is 12.2 Å². The zero-order valence-corrected chi connectivity index (χ0v) is 19.1. The van der Waals surface area contributed by atoms with Gasteiger partial charge >= 0.3 is 0 Å². The van der Waals surface area contributed by atoms with Crippen molar-refractivity contribution < 1.29 is 9.59 Å². The summed E-state index contributed by atoms with van der Waals surface area (Å²) in [7, 11) is 0. The first-order valence-corrected chi connectivity index (χ1v) is 11.7. The third-order valence-electron chi connectivity index (χ3n) is 6.13. The molecule has 3 aromatic rings. The van der Waals surface area contributed by atoms with Crippen molar-refractivity contribution in [3.05, 3.63) is 64.9 Å². The lowest BCUT2D eigenvalue weighted by atomic mass is 10.0. The van der Waals surface area contributed by atoms with Gasteiger partial charge in [-0.25, -0.2) is 4.98 Å². The summed E-state index contributed by atoms with van der Waals surface area (Å²) >= 11 is 6.11. The molecular formula is C25H29ClN4O2. The molecule has 32 heavy (non-hydrogen) atoms. The zero-order valence-electron chi connectivity index (χ0n) is 18.4. The number of nitrogens with one attached hydrogen (secondary N) is 1. The van der Waals surface area contributed by atoms with E-state index >= 15 is 0 Å². The quantitative estimate of drug-likeness (QED) is 0.538. The Balaban J connectivity index is 1.42. The summed E-state index contributed by atoms with van der Waals surface area (Å²) in [5.41, 5.74) is 2.34. The van der Waals surface area contributed by atoms with E-state index in [1.54, 1.807) is 24.3 Å². The Bertz CT molecular complexity index is 1110. The van der Waals surface area contributed by atoms with Gasteiger partial charge in [-0.05, 0) is 56.9 Å². The van der Waals surface area contributed by atoms with Crippen LogP contribution in [0.1, 0.15) is 48.8 Å². The monoisotopic (exact) mass is 452 g/mol. The number of fused-ring (bicyclic) bond motifs is 1. The van der Waals surface area contributed by atoms with Crippen molar-refractivity contribution in [1.82, 2.24) is 19.8 Å². The molecule has 1 aliphatic rings. The molecule has 168 valence electrons. The number of piperidine rings is 1. The van der Waals surface area contributed by atoms with Gasteiger partial charge in [-0.3, -0.25) is 9.59 Å². The van der Waals surface area contributed by atoms with Crippen LogP contribution in [0.15, 0.2) is 48.5 Å². The molecule has 7 heteroatoms. The van der Waals surface area contributed by atoms with Crippen LogP contribution >= 0.6 is 11.6 Å². The molecule has 2 amide bonds. The third-order valence-corrected chi connectivity index (χ3v) is 6.46. The number of halogens is 1. The van der Waals surface area contributed by atoms with Gasteiger partial charge in [0, 0.05) is 25.6 Å². The molecule has 1 atom stereocenters. The number of amides is 2. The number of imidazole rings is 1. The maximum atomic E-state index is 13.1. The van der Waals surface area contributed by atoms with Gasteiger partial charge in [-0.2, -0.15) is 0 Å². The molecule has 0 radical (unpaired) electrons. The summed E-state index contributed by atoms with van der Waals surface area (Å²) in [6.45, 7) is 3.76. The number of aromatic nitrogens is 2. The lowest BCUT2D eigenvalue weighted by Crippen LogP contribution is -2.43. The van der Waals surface area contributed by atoms with Gasteiger partial charge in [-0.1, -0.05) is 35.9 Å². The molecule has 6 nitrogen and oxygen atoms in total. The molecule has 1 N–H and O–H groups in total. The van der Waals surface area contributed by atoms with Gasteiger partial charge in [-0.15, -0.1) is 0 Å². The van der Waals surface area contributed by atoms with E-state index in [0.717, 1.165) is 36.2 Å². The molecule has 1 aromatic heterocycles. The minimum absolute atomic E-state index is 0.147. The molecule has 1 saturated heterocycles. The number of benzene rings is 2. The largest absolute Gasteiger partial charge is 0.352 e. The van der Waals surface area contributed by atoms with Gasteiger partial charge in [0.2, 0.25) is 5.91 Å². The first-order valence-electron chi connectivity index (χ1n) is 11.3. The minimum atomic E-state index is -0.182. The van der Waals surface area contributed by atoms with Crippen LogP contribution in [0.2, 0.25) is 5.02 Å². The third kappa shape index (κ3) is 4.96. The van der Waals surface area contributed by atoms with Crippen molar-refractivity contribution >= 4 is 34.4 Å². The smallest absolute Gasteiger partial charge is 0.252 e. The van der Waals surface area contributed by atoms with E-state index in [4.69, 9.17) is 16.6 Å². The van der Waals surface area contributed by atoms with Gasteiger partial charge in [0.25, 0.3) is 5.91 Å². The summed E-state index contributed by atoms with van der Waals surface area (Å²) in [6.07, 6.45) is 4.70. The Kier molecular flexibility index (Phi) is 7.10. The minimum Gasteiger partial charge on any atom is -0.352 e. The van der Waals surface area contributed by atoms with E-state index in [9.17, 15) is 9.59 Å². The normalized spacial score (nSPS) is 16.3. The first-order chi connectivity index (χ1) is 15.5. The average molecular weight is 453 g/mol. The fourth-order valence-electron chi connectivity index (χ4n) is 4.38. The number of para-hydroxylation sites is 2. The molecule has 0 bridgehead atoms. The number of likely N-dealkylation sites (tertiary alicyclic amines) is 1. The van der Waals surface area contributed by atoms with Gasteiger partial charge in [0.15, 0.2) is 0 Å². The van der Waals surface area contributed by atoms with Crippen LogP contribution in [-0.2, 0) is 17.8 Å². The summed E-state index contributed by atoms with van der Waals surface area (Å²) in [6, 6.07) is 15.2. The Morgan fingerprint density at radius 1 is 1.12 bits per heavy atom. The van der Waals surface area contributed by atoms with Crippen LogP contribution in [-0.4, -0.2) is 45.4 Å². The van der Waals surface area contributed by atoms with E-state index in [1.807, 2.05) is 33.7 Å². The Morgan fingerprint density at radius 3 is 2.72 bits per heavy atom. The number of aryl methyl sites for hydroxylation is 1. The lowest BCUT2D eigenvalue weighted by molar-refractivity contribution is -0.135. The SMILES string of the molecule is CC1CCCCN1C(=O)Cn1c(CCCNC(=O)c2ccccc2Cl)nc2ccccc21. The van der Waals surface area contributed by atoms with Crippen LogP contribution in [0.3, 0.4) is 0 Å². The van der Waals surface area contributed by atoms with E-state index in [1.165, 1.54) is 6.42 Å². The number of carbonyl (C=O) groups excluding carboxylic acids is 2. The number of carbonyl (C=O) groups is 2. The van der Waals surface area contributed by atoms with Crippen LogP contribution < -0.4 is 5.32 Å². The Morgan fingerprint density at radius 2 is 1.91 bits per heavy atom. The maximum Gasteiger partial charge on any atom is 0.252 e. The van der Waals surface area contributed by atoms with Crippen LogP contribution in [0.4, 0.5) is 0 Å². The van der Waals surface area contributed by atoms with Crippen molar-refractivity contribution in [2.75, 3.05) is 13.1 Å². The summed E-state index contributed by atoms with van der Waals surface area (Å²) < 4.78 is 2.04. The molecule has 1 fully saturated rings. The molecule has 0 aliphatic carbocycles. The number of nitrogens with zero attached hydrogens (tertiary/aromatic N) is 3. The fraction of sp³-hybridized carbons (Fsp3) is 0.400. The molecule has 2 heterocycles. The second-order valence-corrected chi connectivity index (χ2v) is 8.78. The first kappa shape index (κ1) is 22.3. The second-order valence-electron chi connectivity index (χ2n) is 8.37. The molecular weight excluding hydrogens is 424 g/mol. The second kappa shape index (κ2) is 10.2. The summed E-state index contributed by atoms with van der Waals surface area (Å²) in [5, 5.41) is 3.37. The van der Waals surface area contributed by atoms with Gasteiger partial charge in [0.1, 0.15) is 12.4 Å². The average Bonchev–Trinajstić information content (AvgIpc) is 3.14. The number of hydrogen-bond donors (Lipinski definition) is 1.